The smallest absolute Gasteiger partial charge is 0.378 e. The molecule has 2 saturated heterocycles. The van der Waals surface area contributed by atoms with E-state index in [0.29, 0.717) is 11.6 Å². The Labute approximate surface area is 303 Å². The molecule has 5 rings (SSSR count). The van der Waals surface area contributed by atoms with Crippen LogP contribution in [0.3, 0.4) is 0 Å². The molecule has 1 aromatic heterocycles. The van der Waals surface area contributed by atoms with Crippen LogP contribution in [0.5, 0.6) is 5.75 Å². The van der Waals surface area contributed by atoms with Gasteiger partial charge in [0.25, 0.3) is 17.4 Å². The summed E-state index contributed by atoms with van der Waals surface area (Å²) in [5, 5.41) is 0. The summed E-state index contributed by atoms with van der Waals surface area (Å²) in [6, 6.07) is 10.5. The Balaban J connectivity index is 1.53. The third-order valence-corrected chi connectivity index (χ3v) is 9.57. The van der Waals surface area contributed by atoms with Crippen molar-refractivity contribution in [2.24, 2.45) is 5.73 Å². The number of halogens is 7. The normalized spacial score (nSPS) is 17.2. The van der Waals surface area contributed by atoms with Gasteiger partial charge in [0.05, 0.1) is 26.4 Å². The fourth-order valence-corrected chi connectivity index (χ4v) is 6.60. The van der Waals surface area contributed by atoms with Gasteiger partial charge in [0.1, 0.15) is 17.2 Å². The van der Waals surface area contributed by atoms with Crippen molar-refractivity contribution in [3.63, 3.8) is 0 Å². The number of nitrogens with two attached hydrogens (primary N) is 1. The SMILES string of the molecule is CSC(F)C(F)(F)C(N)(C(=O)OOc1ccc(-c2c(C)c(C(F)(F)F)n(Cc3ccccc3)c2C(=O)N2CCOCC2)c(F)c1)C(=O)N1CCOCC1. The topological polar surface area (TPSA) is 126 Å². The summed E-state index contributed by atoms with van der Waals surface area (Å²) in [4.78, 5) is 51.7. The largest absolute Gasteiger partial charge is 0.431 e. The molecule has 0 spiro atoms. The number of hydrogen-bond donors (Lipinski definition) is 1. The maximum Gasteiger partial charge on any atom is 0.431 e. The minimum atomic E-state index is -4.99. The average molecular weight is 777 g/mol. The summed E-state index contributed by atoms with van der Waals surface area (Å²) in [5.74, 6) is -11.5. The molecule has 2 atom stereocenters. The second kappa shape index (κ2) is 16.0. The van der Waals surface area contributed by atoms with Gasteiger partial charge >= 0.3 is 18.1 Å². The van der Waals surface area contributed by atoms with Gasteiger partial charge in [-0.25, -0.2) is 18.5 Å². The first kappa shape index (κ1) is 39.9. The number of carbonyl (C=O) groups is 3. The Morgan fingerprint density at radius 2 is 1.51 bits per heavy atom. The molecule has 0 bridgehead atoms. The van der Waals surface area contributed by atoms with Crippen LogP contribution in [0.4, 0.5) is 30.7 Å². The van der Waals surface area contributed by atoms with Crippen LogP contribution in [-0.2, 0) is 36.7 Å². The van der Waals surface area contributed by atoms with Crippen molar-refractivity contribution in [1.82, 2.24) is 14.4 Å². The minimum Gasteiger partial charge on any atom is -0.378 e. The first-order chi connectivity index (χ1) is 25.0. The van der Waals surface area contributed by atoms with Gasteiger partial charge in [-0.05, 0) is 36.4 Å². The molecule has 19 heteroatoms. The highest BCUT2D eigenvalue weighted by molar-refractivity contribution is 7.99. The fourth-order valence-electron chi connectivity index (χ4n) is 6.11. The summed E-state index contributed by atoms with van der Waals surface area (Å²) in [6.45, 7) is 0.428. The highest BCUT2D eigenvalue weighted by Crippen LogP contribution is 2.43. The van der Waals surface area contributed by atoms with Crippen LogP contribution in [0.2, 0.25) is 0 Å². The predicted octanol–water partition coefficient (Wildman–Crippen LogP) is 4.83. The van der Waals surface area contributed by atoms with E-state index in [4.69, 9.17) is 20.1 Å². The number of alkyl halides is 6. The molecule has 2 fully saturated rings. The van der Waals surface area contributed by atoms with Gasteiger partial charge in [-0.15, -0.1) is 11.8 Å². The van der Waals surface area contributed by atoms with Crippen molar-refractivity contribution in [3.8, 4) is 16.9 Å². The lowest BCUT2D eigenvalue weighted by Gasteiger charge is -2.38. The van der Waals surface area contributed by atoms with Gasteiger partial charge in [-0.2, -0.15) is 22.0 Å². The number of carbonyl (C=O) groups excluding carboxylic acids is 3. The fraction of sp³-hybridized carbons (Fsp3) is 0.441. The van der Waals surface area contributed by atoms with Crippen LogP contribution in [-0.4, -0.2) is 108 Å². The number of hydrogen-bond acceptors (Lipinski definition) is 9. The molecule has 11 nitrogen and oxygen atoms in total. The van der Waals surface area contributed by atoms with Gasteiger partial charge in [-0.1, -0.05) is 30.3 Å². The number of rotatable bonds is 11. The number of thioether (sulfide) groups is 1. The van der Waals surface area contributed by atoms with Gasteiger partial charge in [0, 0.05) is 49.9 Å². The van der Waals surface area contributed by atoms with Crippen LogP contribution in [0, 0.1) is 12.7 Å². The van der Waals surface area contributed by atoms with Crippen molar-refractivity contribution in [2.75, 3.05) is 58.9 Å². The summed E-state index contributed by atoms with van der Waals surface area (Å²) in [6.07, 6.45) is -4.03. The van der Waals surface area contributed by atoms with Crippen LogP contribution in [0.25, 0.3) is 11.1 Å². The van der Waals surface area contributed by atoms with E-state index in [0.717, 1.165) is 34.8 Å². The zero-order chi connectivity index (χ0) is 38.7. The molecule has 0 saturated carbocycles. The lowest BCUT2D eigenvalue weighted by Crippen LogP contribution is -2.73. The number of benzene rings is 2. The number of morpholine rings is 2. The van der Waals surface area contributed by atoms with Crippen molar-refractivity contribution >= 4 is 29.5 Å². The maximum absolute atomic E-state index is 16.0. The Morgan fingerprint density at radius 3 is 2.06 bits per heavy atom. The highest BCUT2D eigenvalue weighted by atomic mass is 32.2. The number of nitrogens with zero attached hydrogens (tertiary/aromatic N) is 3. The molecule has 53 heavy (non-hydrogen) atoms. The zero-order valence-corrected chi connectivity index (χ0v) is 29.2. The van der Waals surface area contributed by atoms with Crippen LogP contribution in [0.1, 0.15) is 27.3 Å². The van der Waals surface area contributed by atoms with Gasteiger partial charge in [0.15, 0.2) is 5.75 Å². The maximum atomic E-state index is 16.0. The molecule has 2 aliphatic rings. The number of amides is 2. The van der Waals surface area contributed by atoms with E-state index < -0.39 is 81.6 Å². The van der Waals surface area contributed by atoms with Gasteiger partial charge in [-0.3, -0.25) is 14.5 Å². The Bertz CT molecular complexity index is 1820. The molecule has 2 unspecified atom stereocenters. The van der Waals surface area contributed by atoms with E-state index in [9.17, 15) is 31.9 Å². The second-order valence-electron chi connectivity index (χ2n) is 12.2. The lowest BCUT2D eigenvalue weighted by molar-refractivity contribution is -0.234. The van der Waals surface area contributed by atoms with Crippen LogP contribution >= 0.6 is 11.8 Å². The summed E-state index contributed by atoms with van der Waals surface area (Å²) in [7, 11) is 0. The summed E-state index contributed by atoms with van der Waals surface area (Å²) >= 11 is -0.0220. The summed E-state index contributed by atoms with van der Waals surface area (Å²) < 4.78 is 117. The Kier molecular flexibility index (Phi) is 12.0. The second-order valence-corrected chi connectivity index (χ2v) is 13.0. The molecular formula is C34H35F7N4O7S. The van der Waals surface area contributed by atoms with E-state index >= 15 is 13.2 Å². The third-order valence-electron chi connectivity index (χ3n) is 8.86. The first-order valence-corrected chi connectivity index (χ1v) is 17.4. The third kappa shape index (κ3) is 7.83. The highest BCUT2D eigenvalue weighted by Gasteiger charge is 2.69. The predicted molar refractivity (Wildman–Crippen MR) is 176 cm³/mol. The standard InChI is InChI=1S/C34H35F7N4O7S/c1-20-25(26(28(46)43-10-14-49-15-11-43)45(27(20)34(39,40)41)19-21-6-4-3-5-7-21)23-9-8-22(18-24(23)35)51-52-31(48)32(42,33(37,38)29(36)53-2)30(47)44-12-16-50-17-13-44/h3-9,18,29H,10-17,19,42H2,1-2H3. The molecule has 288 valence electrons. The first-order valence-electron chi connectivity index (χ1n) is 16.1. The van der Waals surface area contributed by atoms with Crippen molar-refractivity contribution < 1.29 is 64.4 Å². The molecule has 2 aromatic carbocycles. The monoisotopic (exact) mass is 776 g/mol. The minimum absolute atomic E-state index is 0.0220. The van der Waals surface area contributed by atoms with Crippen molar-refractivity contribution in [3.05, 3.63) is 76.9 Å². The average Bonchev–Trinajstić information content (AvgIpc) is 3.44. The summed E-state index contributed by atoms with van der Waals surface area (Å²) in [5.41, 5.74) is -3.93. The van der Waals surface area contributed by atoms with Crippen molar-refractivity contribution in [1.29, 1.82) is 0 Å². The molecule has 2 N–H and O–H groups in total. The van der Waals surface area contributed by atoms with E-state index in [1.807, 2.05) is 0 Å². The Morgan fingerprint density at radius 1 is 0.925 bits per heavy atom. The number of aromatic nitrogens is 1. The molecule has 2 amide bonds. The molecular weight excluding hydrogens is 741 g/mol. The molecule has 0 aliphatic carbocycles. The Hall–Kier alpha value is -4.33. The lowest BCUT2D eigenvalue weighted by atomic mass is 9.90. The molecule has 2 aliphatic heterocycles. The van der Waals surface area contributed by atoms with Crippen molar-refractivity contribution in [2.45, 2.75) is 36.6 Å². The van der Waals surface area contributed by atoms with E-state index in [-0.39, 0.29) is 69.9 Å². The van der Waals surface area contributed by atoms with Gasteiger partial charge in [0.2, 0.25) is 5.50 Å². The molecule has 3 aromatic rings. The van der Waals surface area contributed by atoms with E-state index in [1.165, 1.54) is 4.90 Å². The quantitative estimate of drug-likeness (QED) is 0.126. The molecule has 0 radical (unpaired) electrons. The van der Waals surface area contributed by atoms with E-state index in [1.54, 1.807) is 30.3 Å². The molecule has 3 heterocycles. The zero-order valence-electron chi connectivity index (χ0n) is 28.4. The van der Waals surface area contributed by atoms with Crippen LogP contribution in [0.15, 0.2) is 48.5 Å². The van der Waals surface area contributed by atoms with Gasteiger partial charge < -0.3 is 29.6 Å². The van der Waals surface area contributed by atoms with Crippen LogP contribution < -0.4 is 10.6 Å². The number of ether oxygens (including phenoxy) is 2. The van der Waals surface area contributed by atoms with E-state index in [2.05, 4.69) is 4.89 Å².